The number of carboxylic acid groups (broad SMARTS) is 1. The molecule has 0 aromatic heterocycles. The highest BCUT2D eigenvalue weighted by Gasteiger charge is 2.45. The maximum absolute atomic E-state index is 12.4. The highest BCUT2D eigenvalue weighted by molar-refractivity contribution is 5.71. The Kier molecular flexibility index (Phi) is 5.40. The van der Waals surface area contributed by atoms with Gasteiger partial charge in [-0.05, 0) is 25.7 Å². The lowest BCUT2D eigenvalue weighted by molar-refractivity contribution is -0.192. The van der Waals surface area contributed by atoms with Crippen LogP contribution in [-0.4, -0.2) is 43.1 Å². The van der Waals surface area contributed by atoms with Crippen molar-refractivity contribution >= 4 is 5.97 Å². The molecule has 0 saturated carbocycles. The van der Waals surface area contributed by atoms with E-state index in [-0.39, 0.29) is 12.0 Å². The summed E-state index contributed by atoms with van der Waals surface area (Å²) in [5.74, 6) is -3.95. The van der Waals surface area contributed by atoms with Crippen molar-refractivity contribution in [3.8, 4) is 0 Å². The predicted octanol–water partition coefficient (Wildman–Crippen LogP) is 1.65. The Morgan fingerprint density at radius 3 is 2.44 bits per heavy atom. The summed E-state index contributed by atoms with van der Waals surface area (Å²) in [6.07, 6.45) is -3.13. The predicted molar refractivity (Wildman–Crippen MR) is 58.2 cm³/mol. The molecule has 2 N–H and O–H groups in total. The van der Waals surface area contributed by atoms with E-state index in [2.05, 4.69) is 5.32 Å². The molecule has 0 radical (unpaired) electrons. The van der Waals surface area contributed by atoms with Gasteiger partial charge < -0.3 is 15.2 Å². The number of carboxylic acids is 1. The molecule has 0 amide bonds. The average molecular weight is 269 g/mol. The first-order valence-corrected chi connectivity index (χ1v) is 5.93. The van der Waals surface area contributed by atoms with Crippen LogP contribution in [0.2, 0.25) is 0 Å². The summed E-state index contributed by atoms with van der Waals surface area (Å²) < 4.78 is 42.4. The van der Waals surface area contributed by atoms with E-state index in [0.29, 0.717) is 13.2 Å². The number of carbonyl (C=O) groups is 1. The maximum Gasteiger partial charge on any atom is 0.403 e. The van der Waals surface area contributed by atoms with E-state index in [4.69, 9.17) is 9.84 Å². The molecule has 2 atom stereocenters. The molecule has 0 aliphatic carbocycles. The van der Waals surface area contributed by atoms with E-state index >= 15 is 0 Å². The zero-order valence-corrected chi connectivity index (χ0v) is 10.2. The molecule has 2 unspecified atom stereocenters. The lowest BCUT2D eigenvalue weighted by Crippen LogP contribution is -2.44. The Morgan fingerprint density at radius 2 is 2.00 bits per heavy atom. The van der Waals surface area contributed by atoms with Gasteiger partial charge in [-0.1, -0.05) is 0 Å². The van der Waals surface area contributed by atoms with Gasteiger partial charge in [0.05, 0.1) is 0 Å². The quantitative estimate of drug-likeness (QED) is 0.797. The third kappa shape index (κ3) is 4.45. The minimum atomic E-state index is -4.71. The number of nitrogens with one attached hydrogen (secondary N) is 1. The first kappa shape index (κ1) is 15.2. The molecule has 18 heavy (non-hydrogen) atoms. The average Bonchev–Trinajstić information content (AvgIpc) is 2.28. The first-order chi connectivity index (χ1) is 8.32. The van der Waals surface area contributed by atoms with Crippen molar-refractivity contribution in [3.63, 3.8) is 0 Å². The van der Waals surface area contributed by atoms with Crippen LogP contribution in [0.5, 0.6) is 0 Å². The first-order valence-electron chi connectivity index (χ1n) is 5.93. The molecular formula is C11H18F3NO3. The topological polar surface area (TPSA) is 58.6 Å². The highest BCUT2D eigenvalue weighted by atomic mass is 19.4. The van der Waals surface area contributed by atoms with E-state index in [1.54, 1.807) is 6.92 Å². The van der Waals surface area contributed by atoms with Crippen LogP contribution in [0.3, 0.4) is 0 Å². The smallest absolute Gasteiger partial charge is 0.403 e. The Balaban J connectivity index is 2.44. The van der Waals surface area contributed by atoms with Crippen molar-refractivity contribution in [2.45, 2.75) is 32.0 Å². The number of halogens is 3. The highest BCUT2D eigenvalue weighted by Crippen LogP contribution is 2.26. The van der Waals surface area contributed by atoms with Gasteiger partial charge in [0, 0.05) is 25.8 Å². The molecule has 1 heterocycles. The van der Waals surface area contributed by atoms with Gasteiger partial charge in [0.25, 0.3) is 0 Å². The van der Waals surface area contributed by atoms with Crippen molar-refractivity contribution in [1.29, 1.82) is 0 Å². The fraction of sp³-hybridized carbons (Fsp3) is 0.909. The van der Waals surface area contributed by atoms with Crippen molar-refractivity contribution in [3.05, 3.63) is 0 Å². The maximum atomic E-state index is 12.4. The SMILES string of the molecule is CC(NCC(C(=O)O)C(F)(F)F)C1CCOCC1. The van der Waals surface area contributed by atoms with Crippen LogP contribution < -0.4 is 5.32 Å². The molecule has 0 aromatic carbocycles. The van der Waals surface area contributed by atoms with E-state index in [0.717, 1.165) is 12.8 Å². The molecule has 1 saturated heterocycles. The van der Waals surface area contributed by atoms with Gasteiger partial charge in [0.2, 0.25) is 0 Å². The number of alkyl halides is 3. The fourth-order valence-corrected chi connectivity index (χ4v) is 2.03. The minimum absolute atomic E-state index is 0.141. The van der Waals surface area contributed by atoms with Crippen molar-refractivity contribution in [2.24, 2.45) is 11.8 Å². The Hall–Kier alpha value is -0.820. The van der Waals surface area contributed by atoms with Crippen molar-refractivity contribution in [2.75, 3.05) is 19.8 Å². The minimum Gasteiger partial charge on any atom is -0.481 e. The fourth-order valence-electron chi connectivity index (χ4n) is 2.03. The number of hydrogen-bond acceptors (Lipinski definition) is 3. The molecular weight excluding hydrogens is 251 g/mol. The summed E-state index contributed by atoms with van der Waals surface area (Å²) in [6, 6.07) is -0.141. The normalized spacial score (nSPS) is 21.6. The van der Waals surface area contributed by atoms with Crippen LogP contribution in [0.4, 0.5) is 13.2 Å². The van der Waals surface area contributed by atoms with Crippen molar-refractivity contribution in [1.82, 2.24) is 5.32 Å². The number of ether oxygens (including phenoxy) is 1. The molecule has 0 bridgehead atoms. The molecule has 106 valence electrons. The Morgan fingerprint density at radius 1 is 1.44 bits per heavy atom. The Labute approximate surface area is 103 Å². The summed E-state index contributed by atoms with van der Waals surface area (Å²) in [7, 11) is 0. The molecule has 1 fully saturated rings. The molecule has 1 aliphatic rings. The summed E-state index contributed by atoms with van der Waals surface area (Å²) in [6.45, 7) is 2.42. The Bertz CT molecular complexity index is 277. The van der Waals surface area contributed by atoms with Gasteiger partial charge in [-0.25, -0.2) is 0 Å². The summed E-state index contributed by atoms with van der Waals surface area (Å²) in [5.41, 5.74) is 0. The van der Waals surface area contributed by atoms with E-state index in [1.165, 1.54) is 0 Å². The van der Waals surface area contributed by atoms with Crippen LogP contribution >= 0.6 is 0 Å². The van der Waals surface area contributed by atoms with Crippen molar-refractivity contribution < 1.29 is 27.8 Å². The van der Waals surface area contributed by atoms with E-state index in [9.17, 15) is 18.0 Å². The van der Waals surface area contributed by atoms with Gasteiger partial charge in [-0.2, -0.15) is 13.2 Å². The zero-order valence-electron chi connectivity index (χ0n) is 10.2. The molecule has 0 spiro atoms. The van der Waals surface area contributed by atoms with Gasteiger partial charge in [-0.3, -0.25) is 4.79 Å². The number of hydrogen-bond donors (Lipinski definition) is 2. The monoisotopic (exact) mass is 269 g/mol. The third-order valence-corrected chi connectivity index (χ3v) is 3.31. The second-order valence-electron chi connectivity index (χ2n) is 4.58. The second-order valence-corrected chi connectivity index (χ2v) is 4.58. The van der Waals surface area contributed by atoms with Gasteiger partial charge in [-0.15, -0.1) is 0 Å². The van der Waals surface area contributed by atoms with Crippen LogP contribution in [-0.2, 0) is 9.53 Å². The summed E-state index contributed by atoms with van der Waals surface area (Å²) >= 11 is 0. The molecule has 4 nitrogen and oxygen atoms in total. The van der Waals surface area contributed by atoms with Gasteiger partial charge >= 0.3 is 12.1 Å². The molecule has 1 rings (SSSR count). The standard InChI is InChI=1S/C11H18F3NO3/c1-7(8-2-4-18-5-3-8)15-6-9(10(16)17)11(12,13)14/h7-9,15H,2-6H2,1H3,(H,16,17). The zero-order chi connectivity index (χ0) is 13.8. The van der Waals surface area contributed by atoms with Gasteiger partial charge in [0.15, 0.2) is 5.92 Å². The summed E-state index contributed by atoms with van der Waals surface area (Å²) in [4.78, 5) is 10.6. The van der Waals surface area contributed by atoms with E-state index < -0.39 is 24.6 Å². The van der Waals surface area contributed by atoms with Crippen LogP contribution in [0.1, 0.15) is 19.8 Å². The number of aliphatic carboxylic acids is 1. The number of rotatable bonds is 5. The van der Waals surface area contributed by atoms with Crippen LogP contribution in [0.25, 0.3) is 0 Å². The third-order valence-electron chi connectivity index (χ3n) is 3.31. The molecule has 7 heteroatoms. The lowest BCUT2D eigenvalue weighted by atomic mass is 9.92. The lowest BCUT2D eigenvalue weighted by Gasteiger charge is -2.29. The second kappa shape index (κ2) is 6.38. The van der Waals surface area contributed by atoms with Crippen LogP contribution in [0, 0.1) is 11.8 Å². The van der Waals surface area contributed by atoms with E-state index in [1.807, 2.05) is 0 Å². The molecule has 0 aromatic rings. The van der Waals surface area contributed by atoms with Gasteiger partial charge in [0.1, 0.15) is 0 Å². The van der Waals surface area contributed by atoms with Crippen LogP contribution in [0.15, 0.2) is 0 Å². The largest absolute Gasteiger partial charge is 0.481 e. The molecule has 1 aliphatic heterocycles. The summed E-state index contributed by atoms with van der Waals surface area (Å²) in [5, 5.41) is 11.2.